The zero-order valence-corrected chi connectivity index (χ0v) is 26.1. The van der Waals surface area contributed by atoms with Crippen LogP contribution in [-0.4, -0.2) is 107 Å². The molecule has 4 rings (SSSR count). The number of hydrogen-bond acceptors (Lipinski definition) is 7. The van der Waals surface area contributed by atoms with Crippen LogP contribution < -0.4 is 5.73 Å². The van der Waals surface area contributed by atoms with Gasteiger partial charge in [-0.25, -0.2) is 4.79 Å². The third-order valence-electron chi connectivity index (χ3n) is 8.19. The van der Waals surface area contributed by atoms with E-state index in [1.807, 2.05) is 74.5 Å². The standard InChI is InChI=1S/C17H21F3N2O3.C15H21N3O2/c1-3-21-10-14(13-7-5-4-6-8-13)22(9-12(21)2)15(23)16(24)25-11-17(18,19)20;1-3-17-10-13(12-7-5-4-6-8-12)18(9-11(17)2)15(20)14(16)19/h4-8,12,14H,3,9-11H2,1-2H3;4-8,11,13H,3,9-10H2,1-2H3,(H2,16,19)/t12-,14-;11-,13-/m11/s1. The quantitative estimate of drug-likeness (QED) is 0.397. The Labute approximate surface area is 261 Å². The Balaban J connectivity index is 0.000000251. The average molecular weight is 634 g/mol. The summed E-state index contributed by atoms with van der Waals surface area (Å²) >= 11 is 0. The van der Waals surface area contributed by atoms with Crippen LogP contribution in [0.4, 0.5) is 13.2 Å². The van der Waals surface area contributed by atoms with Crippen LogP contribution in [0.1, 0.15) is 50.9 Å². The highest BCUT2D eigenvalue weighted by atomic mass is 19.4. The normalized spacial score (nSPS) is 22.6. The van der Waals surface area contributed by atoms with E-state index in [2.05, 4.69) is 28.4 Å². The smallest absolute Gasteiger partial charge is 0.422 e. The number of rotatable bonds is 5. The van der Waals surface area contributed by atoms with Crippen LogP contribution in [0.25, 0.3) is 0 Å². The minimum atomic E-state index is -4.66. The number of carbonyl (C=O) groups is 4. The number of benzene rings is 2. The zero-order valence-electron chi connectivity index (χ0n) is 26.1. The van der Waals surface area contributed by atoms with Crippen LogP contribution in [0.2, 0.25) is 0 Å². The van der Waals surface area contributed by atoms with E-state index in [-0.39, 0.29) is 24.7 Å². The molecule has 0 spiro atoms. The zero-order chi connectivity index (χ0) is 33.3. The first-order chi connectivity index (χ1) is 21.3. The van der Waals surface area contributed by atoms with E-state index in [1.54, 1.807) is 4.90 Å². The van der Waals surface area contributed by atoms with Gasteiger partial charge in [0.05, 0.1) is 12.1 Å². The summed E-state index contributed by atoms with van der Waals surface area (Å²) in [5, 5.41) is 0. The number of halogens is 3. The van der Waals surface area contributed by atoms with Gasteiger partial charge in [0, 0.05) is 38.3 Å². The molecule has 45 heavy (non-hydrogen) atoms. The molecule has 0 bridgehead atoms. The molecule has 0 radical (unpaired) electrons. The Kier molecular flexibility index (Phi) is 12.5. The van der Waals surface area contributed by atoms with Crippen molar-refractivity contribution in [3.8, 4) is 0 Å². The van der Waals surface area contributed by atoms with Crippen LogP contribution in [0.5, 0.6) is 0 Å². The summed E-state index contributed by atoms with van der Waals surface area (Å²) < 4.78 is 40.8. The molecule has 2 aromatic rings. The maximum Gasteiger partial charge on any atom is 0.422 e. The number of likely N-dealkylation sites (N-methyl/N-ethyl adjacent to an activating group) is 2. The molecule has 2 aliphatic rings. The SMILES string of the molecule is CCN1C[C@H](c2ccccc2)N(C(=O)C(=O)OCC(F)(F)F)C[C@H]1C.CCN1C[C@H](c2ccccc2)N(C(=O)C(N)=O)C[C@H]1C. The van der Waals surface area contributed by atoms with Crippen molar-refractivity contribution in [1.82, 2.24) is 19.6 Å². The van der Waals surface area contributed by atoms with E-state index >= 15 is 0 Å². The lowest BCUT2D eigenvalue weighted by atomic mass is 9.99. The van der Waals surface area contributed by atoms with E-state index in [1.165, 1.54) is 4.90 Å². The Morgan fingerprint density at radius 3 is 1.49 bits per heavy atom. The minimum absolute atomic E-state index is 0.00988. The monoisotopic (exact) mass is 633 g/mol. The average Bonchev–Trinajstić information content (AvgIpc) is 3.03. The van der Waals surface area contributed by atoms with E-state index in [0.717, 1.165) is 30.8 Å². The molecule has 2 heterocycles. The molecular weight excluding hydrogens is 591 g/mol. The van der Waals surface area contributed by atoms with Gasteiger partial charge in [-0.3, -0.25) is 24.2 Å². The summed E-state index contributed by atoms with van der Waals surface area (Å²) in [7, 11) is 0. The Morgan fingerprint density at radius 1 is 0.733 bits per heavy atom. The fourth-order valence-electron chi connectivity index (χ4n) is 5.78. The Bertz CT molecular complexity index is 1300. The summed E-state index contributed by atoms with van der Waals surface area (Å²) in [5.74, 6) is -4.00. The van der Waals surface area contributed by atoms with Gasteiger partial charge in [-0.05, 0) is 38.1 Å². The maximum absolute atomic E-state index is 12.4. The molecule has 2 fully saturated rings. The van der Waals surface area contributed by atoms with E-state index in [9.17, 15) is 32.3 Å². The molecule has 2 saturated heterocycles. The van der Waals surface area contributed by atoms with Gasteiger partial charge in [-0.15, -0.1) is 0 Å². The summed E-state index contributed by atoms with van der Waals surface area (Å²) in [6.07, 6.45) is -4.66. The number of carbonyl (C=O) groups excluding carboxylic acids is 4. The molecule has 0 unspecified atom stereocenters. The minimum Gasteiger partial charge on any atom is -0.449 e. The molecular formula is C32H42F3N5O5. The van der Waals surface area contributed by atoms with Gasteiger partial charge in [-0.1, -0.05) is 74.5 Å². The molecule has 2 N–H and O–H groups in total. The van der Waals surface area contributed by atoms with Crippen molar-refractivity contribution < 1.29 is 37.1 Å². The highest BCUT2D eigenvalue weighted by Gasteiger charge is 2.39. The number of hydrogen-bond donors (Lipinski definition) is 1. The largest absolute Gasteiger partial charge is 0.449 e. The predicted molar refractivity (Wildman–Crippen MR) is 161 cm³/mol. The number of piperazine rings is 2. The van der Waals surface area contributed by atoms with Crippen LogP contribution >= 0.6 is 0 Å². The van der Waals surface area contributed by atoms with E-state index < -0.39 is 42.5 Å². The van der Waals surface area contributed by atoms with Gasteiger partial charge >= 0.3 is 29.9 Å². The fourth-order valence-corrected chi connectivity index (χ4v) is 5.78. The summed E-state index contributed by atoms with van der Waals surface area (Å²) in [5.41, 5.74) is 7.03. The number of primary amides is 1. The van der Waals surface area contributed by atoms with Crippen molar-refractivity contribution in [2.45, 2.75) is 58.0 Å². The first-order valence-electron chi connectivity index (χ1n) is 15.0. The second-order valence-electron chi connectivity index (χ2n) is 11.2. The molecule has 246 valence electrons. The van der Waals surface area contributed by atoms with Gasteiger partial charge in [0.2, 0.25) is 0 Å². The highest BCUT2D eigenvalue weighted by molar-refractivity contribution is 6.34. The third kappa shape index (κ3) is 9.51. The topological polar surface area (TPSA) is 116 Å². The second kappa shape index (κ2) is 15.8. The van der Waals surface area contributed by atoms with Crippen molar-refractivity contribution in [3.63, 3.8) is 0 Å². The first-order valence-corrected chi connectivity index (χ1v) is 15.0. The lowest BCUT2D eigenvalue weighted by Gasteiger charge is -2.44. The van der Waals surface area contributed by atoms with Crippen molar-refractivity contribution >= 4 is 23.7 Å². The molecule has 4 atom stereocenters. The third-order valence-corrected chi connectivity index (χ3v) is 8.19. The Morgan fingerprint density at radius 2 is 1.13 bits per heavy atom. The second-order valence-corrected chi connectivity index (χ2v) is 11.2. The van der Waals surface area contributed by atoms with Crippen molar-refractivity contribution in [2.24, 2.45) is 5.73 Å². The number of ether oxygens (including phenoxy) is 1. The van der Waals surface area contributed by atoms with Crippen molar-refractivity contribution in [2.75, 3.05) is 45.9 Å². The fraction of sp³-hybridized carbons (Fsp3) is 0.500. The van der Waals surface area contributed by atoms with E-state index in [4.69, 9.17) is 5.73 Å². The lowest BCUT2D eigenvalue weighted by molar-refractivity contribution is -0.190. The number of nitrogens with zero attached hydrogens (tertiary/aromatic N) is 4. The van der Waals surface area contributed by atoms with Crippen LogP contribution in [0.3, 0.4) is 0 Å². The van der Waals surface area contributed by atoms with Gasteiger partial charge in [0.25, 0.3) is 0 Å². The highest BCUT2D eigenvalue weighted by Crippen LogP contribution is 2.29. The summed E-state index contributed by atoms with van der Waals surface area (Å²) in [6, 6.07) is 18.6. The lowest BCUT2D eigenvalue weighted by Crippen LogP contribution is -2.57. The molecule has 2 aliphatic heterocycles. The Hall–Kier alpha value is -3.97. The first kappa shape index (κ1) is 35.5. The van der Waals surface area contributed by atoms with Gasteiger partial charge < -0.3 is 20.3 Å². The number of amides is 3. The molecule has 0 aliphatic carbocycles. The summed E-state index contributed by atoms with van der Waals surface area (Å²) in [4.78, 5) is 54.9. The van der Waals surface area contributed by atoms with Crippen LogP contribution in [-0.2, 0) is 23.9 Å². The van der Waals surface area contributed by atoms with Gasteiger partial charge in [0.1, 0.15) is 0 Å². The molecule has 0 aromatic heterocycles. The number of alkyl halides is 3. The maximum atomic E-state index is 12.4. The molecule has 3 amide bonds. The van der Waals surface area contributed by atoms with Crippen molar-refractivity contribution in [3.05, 3.63) is 71.8 Å². The van der Waals surface area contributed by atoms with E-state index in [0.29, 0.717) is 13.1 Å². The molecule has 2 aromatic carbocycles. The predicted octanol–water partition coefficient (Wildman–Crippen LogP) is 3.15. The summed E-state index contributed by atoms with van der Waals surface area (Å²) in [6.45, 7) is 9.98. The van der Waals surface area contributed by atoms with Crippen molar-refractivity contribution in [1.29, 1.82) is 0 Å². The number of esters is 1. The van der Waals surface area contributed by atoms with Crippen LogP contribution in [0.15, 0.2) is 60.7 Å². The number of nitrogens with two attached hydrogens (primary N) is 1. The molecule has 0 saturated carbocycles. The molecule has 10 nitrogen and oxygen atoms in total. The molecule has 13 heteroatoms. The van der Waals surface area contributed by atoms with Gasteiger partial charge in [-0.2, -0.15) is 13.2 Å². The van der Waals surface area contributed by atoms with Crippen LogP contribution in [0, 0.1) is 0 Å². The van der Waals surface area contributed by atoms with Gasteiger partial charge in [0.15, 0.2) is 6.61 Å².